The minimum atomic E-state index is 0.518. The first-order chi connectivity index (χ1) is 17.3. The molecule has 0 spiro atoms. The van der Waals surface area contributed by atoms with Crippen molar-refractivity contribution in [2.24, 2.45) is 4.99 Å². The van der Waals surface area contributed by atoms with E-state index in [2.05, 4.69) is 113 Å². The minimum absolute atomic E-state index is 0.518. The predicted octanol–water partition coefficient (Wildman–Crippen LogP) is 8.55. The second-order valence-corrected chi connectivity index (χ2v) is 8.87. The largest absolute Gasteiger partial charge is 0.456 e. The lowest BCUT2D eigenvalue weighted by molar-refractivity contribution is 0.668. The van der Waals surface area contributed by atoms with E-state index in [9.17, 15) is 0 Å². The molecule has 0 radical (unpaired) electrons. The topological polar surface area (TPSA) is 30.4 Å². The van der Waals surface area contributed by atoms with E-state index in [1.807, 2.05) is 12.1 Å². The van der Waals surface area contributed by atoms with Gasteiger partial charge in [-0.1, -0.05) is 72.8 Å². The summed E-state index contributed by atoms with van der Waals surface area (Å²) in [5.74, 6) is 0. The van der Waals surface area contributed by atoms with Gasteiger partial charge in [-0.05, 0) is 54.2 Å². The number of para-hydroxylation sites is 4. The van der Waals surface area contributed by atoms with E-state index in [-0.39, 0.29) is 0 Å². The standard InChI is InChI=1S/C32H22N2O/c1-33-20-21-18-32-27(25-13-5-9-17-31(25)35-32)19-26(21)24-12-4-8-16-30(24)34-28-14-6-2-10-22(28)23-11-3-7-15-29(23)34/h2-19H,1,20H2. The van der Waals surface area contributed by atoms with Gasteiger partial charge < -0.3 is 8.98 Å². The van der Waals surface area contributed by atoms with Gasteiger partial charge in [-0.3, -0.25) is 4.99 Å². The molecule has 7 rings (SSSR count). The highest BCUT2D eigenvalue weighted by molar-refractivity contribution is 6.10. The van der Waals surface area contributed by atoms with E-state index in [1.165, 1.54) is 21.8 Å². The summed E-state index contributed by atoms with van der Waals surface area (Å²) in [6, 6.07) is 38.5. The molecule has 166 valence electrons. The summed E-state index contributed by atoms with van der Waals surface area (Å²) in [6.07, 6.45) is 0. The second kappa shape index (κ2) is 7.71. The van der Waals surface area contributed by atoms with Crippen molar-refractivity contribution >= 4 is 50.5 Å². The summed E-state index contributed by atoms with van der Waals surface area (Å²) in [5, 5.41) is 4.74. The Kier molecular flexibility index (Phi) is 4.36. The first-order valence-corrected chi connectivity index (χ1v) is 11.8. The SMILES string of the molecule is C=NCc1cc2oc3ccccc3c2cc1-c1ccccc1-n1c2ccccc2c2ccccc21. The van der Waals surface area contributed by atoms with E-state index < -0.39 is 0 Å². The summed E-state index contributed by atoms with van der Waals surface area (Å²) in [6.45, 7) is 4.30. The van der Waals surface area contributed by atoms with Gasteiger partial charge in [0.25, 0.3) is 0 Å². The number of nitrogens with zero attached hydrogens (tertiary/aromatic N) is 2. The normalized spacial score (nSPS) is 11.7. The molecule has 0 unspecified atom stereocenters. The van der Waals surface area contributed by atoms with Crippen LogP contribution in [0.2, 0.25) is 0 Å². The summed E-state index contributed by atoms with van der Waals surface area (Å²) in [5.41, 5.74) is 8.70. The zero-order valence-electron chi connectivity index (χ0n) is 19.1. The fraction of sp³-hybridized carbons (Fsp3) is 0.0312. The molecule has 2 aromatic heterocycles. The third kappa shape index (κ3) is 2.95. The Hall–Kier alpha value is -4.63. The van der Waals surface area contributed by atoms with Crippen LogP contribution in [0.5, 0.6) is 0 Å². The molecule has 3 heteroatoms. The molecule has 0 amide bonds. The molecule has 0 saturated carbocycles. The Bertz CT molecular complexity index is 1850. The molecule has 0 aliphatic heterocycles. The predicted molar refractivity (Wildman–Crippen MR) is 147 cm³/mol. The van der Waals surface area contributed by atoms with Gasteiger partial charge >= 0.3 is 0 Å². The van der Waals surface area contributed by atoms with Crippen LogP contribution < -0.4 is 0 Å². The van der Waals surface area contributed by atoms with Crippen LogP contribution in [0.3, 0.4) is 0 Å². The molecule has 0 saturated heterocycles. The third-order valence-corrected chi connectivity index (χ3v) is 6.90. The number of hydrogen-bond acceptors (Lipinski definition) is 2. The van der Waals surface area contributed by atoms with E-state index in [0.717, 1.165) is 44.3 Å². The maximum Gasteiger partial charge on any atom is 0.135 e. The lowest BCUT2D eigenvalue weighted by atomic mass is 9.95. The molecule has 0 atom stereocenters. The summed E-state index contributed by atoms with van der Waals surface area (Å²) >= 11 is 0. The third-order valence-electron chi connectivity index (χ3n) is 6.90. The molecule has 2 heterocycles. The molecular weight excluding hydrogens is 428 g/mol. The highest BCUT2D eigenvalue weighted by Crippen LogP contribution is 2.40. The molecule has 0 fully saturated rings. The number of aromatic nitrogens is 1. The van der Waals surface area contributed by atoms with Gasteiger partial charge in [-0.25, -0.2) is 0 Å². The summed E-state index contributed by atoms with van der Waals surface area (Å²) in [7, 11) is 0. The fourth-order valence-electron chi connectivity index (χ4n) is 5.39. The molecule has 0 aliphatic rings. The summed E-state index contributed by atoms with van der Waals surface area (Å²) < 4.78 is 8.56. The Morgan fingerprint density at radius 3 is 1.97 bits per heavy atom. The highest BCUT2D eigenvalue weighted by atomic mass is 16.3. The summed E-state index contributed by atoms with van der Waals surface area (Å²) in [4.78, 5) is 4.25. The minimum Gasteiger partial charge on any atom is -0.456 e. The Labute approximate surface area is 202 Å². The first kappa shape index (κ1) is 19.8. The molecule has 35 heavy (non-hydrogen) atoms. The van der Waals surface area contributed by atoms with Gasteiger partial charge in [-0.15, -0.1) is 0 Å². The Morgan fingerprint density at radius 1 is 0.600 bits per heavy atom. The van der Waals surface area contributed by atoms with Crippen molar-refractivity contribution in [2.75, 3.05) is 0 Å². The molecule has 0 N–H and O–H groups in total. The van der Waals surface area contributed by atoms with Crippen molar-refractivity contribution in [2.45, 2.75) is 6.54 Å². The molecular formula is C32H22N2O. The number of benzene rings is 5. The molecule has 5 aromatic carbocycles. The van der Waals surface area contributed by atoms with Crippen LogP contribution in [0.4, 0.5) is 0 Å². The number of furan rings is 1. The van der Waals surface area contributed by atoms with Gasteiger partial charge in [-0.2, -0.15) is 0 Å². The zero-order valence-corrected chi connectivity index (χ0v) is 19.1. The van der Waals surface area contributed by atoms with Crippen molar-refractivity contribution in [3.8, 4) is 16.8 Å². The van der Waals surface area contributed by atoms with Crippen LogP contribution in [0.15, 0.2) is 119 Å². The lowest BCUT2D eigenvalue weighted by Crippen LogP contribution is -1.99. The number of aliphatic imine (C=N–C) groups is 1. The van der Waals surface area contributed by atoms with Crippen LogP contribution in [-0.4, -0.2) is 11.3 Å². The van der Waals surface area contributed by atoms with Gasteiger partial charge in [0, 0.05) is 27.1 Å². The van der Waals surface area contributed by atoms with Crippen LogP contribution in [-0.2, 0) is 6.54 Å². The van der Waals surface area contributed by atoms with E-state index >= 15 is 0 Å². The van der Waals surface area contributed by atoms with Crippen molar-refractivity contribution in [3.05, 3.63) is 115 Å². The monoisotopic (exact) mass is 450 g/mol. The van der Waals surface area contributed by atoms with Gasteiger partial charge in [0.2, 0.25) is 0 Å². The van der Waals surface area contributed by atoms with Crippen molar-refractivity contribution in [1.29, 1.82) is 0 Å². The van der Waals surface area contributed by atoms with E-state index in [0.29, 0.717) is 6.54 Å². The smallest absolute Gasteiger partial charge is 0.135 e. The van der Waals surface area contributed by atoms with Crippen molar-refractivity contribution in [1.82, 2.24) is 4.57 Å². The maximum absolute atomic E-state index is 6.18. The molecule has 0 aliphatic carbocycles. The maximum atomic E-state index is 6.18. The number of fused-ring (bicyclic) bond motifs is 6. The van der Waals surface area contributed by atoms with Crippen LogP contribution in [0.1, 0.15) is 5.56 Å². The highest BCUT2D eigenvalue weighted by Gasteiger charge is 2.18. The first-order valence-electron chi connectivity index (χ1n) is 11.8. The number of hydrogen-bond donors (Lipinski definition) is 0. The van der Waals surface area contributed by atoms with E-state index in [4.69, 9.17) is 4.42 Å². The Morgan fingerprint density at radius 2 is 1.23 bits per heavy atom. The van der Waals surface area contributed by atoms with Crippen LogP contribution in [0, 0.1) is 0 Å². The van der Waals surface area contributed by atoms with Gasteiger partial charge in [0.1, 0.15) is 11.2 Å². The van der Waals surface area contributed by atoms with Gasteiger partial charge in [0.15, 0.2) is 0 Å². The Balaban J connectivity index is 1.58. The van der Waals surface area contributed by atoms with E-state index in [1.54, 1.807) is 0 Å². The number of rotatable bonds is 4. The van der Waals surface area contributed by atoms with Crippen molar-refractivity contribution in [3.63, 3.8) is 0 Å². The molecule has 0 bridgehead atoms. The van der Waals surface area contributed by atoms with Crippen molar-refractivity contribution < 1.29 is 4.42 Å². The average molecular weight is 451 g/mol. The van der Waals surface area contributed by atoms with Gasteiger partial charge in [0.05, 0.1) is 23.3 Å². The lowest BCUT2D eigenvalue weighted by Gasteiger charge is -2.16. The van der Waals surface area contributed by atoms with Crippen LogP contribution >= 0.6 is 0 Å². The fourth-order valence-corrected chi connectivity index (χ4v) is 5.39. The molecule has 7 aromatic rings. The van der Waals surface area contributed by atoms with Crippen LogP contribution in [0.25, 0.3) is 60.6 Å². The zero-order chi connectivity index (χ0) is 23.4. The quantitative estimate of drug-likeness (QED) is 0.247. The molecule has 3 nitrogen and oxygen atoms in total. The average Bonchev–Trinajstić information content (AvgIpc) is 3.44. The second-order valence-electron chi connectivity index (χ2n) is 8.87.